The highest BCUT2D eigenvalue weighted by Gasteiger charge is 2.22. The minimum absolute atomic E-state index is 0.0386. The van der Waals surface area contributed by atoms with Gasteiger partial charge in [-0.15, -0.1) is 0 Å². The molecule has 2 heterocycles. The lowest BCUT2D eigenvalue weighted by atomic mass is 10.2. The van der Waals surface area contributed by atoms with Gasteiger partial charge in [-0.1, -0.05) is 6.92 Å². The van der Waals surface area contributed by atoms with E-state index in [2.05, 4.69) is 21.9 Å². The molecule has 0 saturated carbocycles. The highest BCUT2D eigenvalue weighted by Crippen LogP contribution is 2.19. The van der Waals surface area contributed by atoms with E-state index >= 15 is 0 Å². The quantitative estimate of drug-likeness (QED) is 0.841. The molecular formula is C13H21N3O2S2. The Labute approximate surface area is 125 Å². The fourth-order valence-corrected chi connectivity index (χ4v) is 4.41. The Morgan fingerprint density at radius 1 is 1.45 bits per heavy atom. The van der Waals surface area contributed by atoms with Crippen LogP contribution in [0.5, 0.6) is 0 Å². The largest absolute Gasteiger partial charge is 0.370 e. The van der Waals surface area contributed by atoms with Crippen molar-refractivity contribution in [2.75, 3.05) is 23.4 Å². The molecule has 7 heteroatoms. The summed E-state index contributed by atoms with van der Waals surface area (Å²) in [7, 11) is -3.45. The molecule has 5 nitrogen and oxygen atoms in total. The molecule has 1 atom stereocenters. The minimum atomic E-state index is -3.45. The molecule has 0 radical (unpaired) electrons. The molecule has 20 heavy (non-hydrogen) atoms. The molecule has 1 saturated heterocycles. The molecule has 0 spiro atoms. The first-order valence-corrected chi connectivity index (χ1v) is 9.55. The van der Waals surface area contributed by atoms with Gasteiger partial charge in [-0.25, -0.2) is 18.1 Å². The monoisotopic (exact) mass is 315 g/mol. The molecule has 0 aromatic carbocycles. The lowest BCUT2D eigenvalue weighted by Crippen LogP contribution is -2.38. The molecule has 0 aliphatic carbocycles. The van der Waals surface area contributed by atoms with Crippen LogP contribution in [0.2, 0.25) is 0 Å². The van der Waals surface area contributed by atoms with Gasteiger partial charge >= 0.3 is 0 Å². The van der Waals surface area contributed by atoms with Gasteiger partial charge in [0.1, 0.15) is 10.7 Å². The van der Waals surface area contributed by atoms with Crippen LogP contribution >= 0.6 is 11.8 Å². The SMILES string of the molecule is CCCNc1ccc(S(=O)(=O)NC2CCCSC2)cn1. The lowest BCUT2D eigenvalue weighted by molar-refractivity contribution is 0.543. The highest BCUT2D eigenvalue weighted by atomic mass is 32.2. The van der Waals surface area contributed by atoms with Crippen LogP contribution in [-0.2, 0) is 10.0 Å². The third-order valence-electron chi connectivity index (χ3n) is 3.08. The van der Waals surface area contributed by atoms with Gasteiger partial charge in [0.15, 0.2) is 0 Å². The first kappa shape index (κ1) is 15.6. The summed E-state index contributed by atoms with van der Waals surface area (Å²) < 4.78 is 27.3. The van der Waals surface area contributed by atoms with Gasteiger partial charge in [0.2, 0.25) is 10.0 Å². The number of thioether (sulfide) groups is 1. The number of nitrogens with zero attached hydrogens (tertiary/aromatic N) is 1. The maximum atomic E-state index is 12.2. The van der Waals surface area contributed by atoms with E-state index < -0.39 is 10.0 Å². The van der Waals surface area contributed by atoms with E-state index in [1.54, 1.807) is 23.9 Å². The molecule has 1 fully saturated rings. The van der Waals surface area contributed by atoms with Crippen LogP contribution in [0.1, 0.15) is 26.2 Å². The van der Waals surface area contributed by atoms with Crippen molar-refractivity contribution in [3.05, 3.63) is 18.3 Å². The third-order valence-corrected chi connectivity index (χ3v) is 5.81. The van der Waals surface area contributed by atoms with Gasteiger partial charge in [0, 0.05) is 24.5 Å². The molecule has 0 amide bonds. The van der Waals surface area contributed by atoms with E-state index in [9.17, 15) is 8.42 Å². The Morgan fingerprint density at radius 3 is 2.90 bits per heavy atom. The predicted octanol–water partition coefficient (Wildman–Crippen LogP) is 2.08. The zero-order chi connectivity index (χ0) is 14.4. The smallest absolute Gasteiger partial charge is 0.242 e. The van der Waals surface area contributed by atoms with Crippen molar-refractivity contribution in [3.63, 3.8) is 0 Å². The standard InChI is InChI=1S/C13H21N3O2S2/c1-2-7-14-13-6-5-12(9-15-13)20(17,18)16-11-4-3-8-19-10-11/h5-6,9,11,16H,2-4,7-8,10H2,1H3,(H,14,15). The molecular weight excluding hydrogens is 294 g/mol. The van der Waals surface area contributed by atoms with Crippen LogP contribution in [0, 0.1) is 0 Å². The summed E-state index contributed by atoms with van der Waals surface area (Å²) in [4.78, 5) is 4.37. The van der Waals surface area contributed by atoms with E-state index in [0.29, 0.717) is 5.82 Å². The van der Waals surface area contributed by atoms with Crippen molar-refractivity contribution < 1.29 is 8.42 Å². The molecule has 1 unspecified atom stereocenters. The van der Waals surface area contributed by atoms with E-state index in [4.69, 9.17) is 0 Å². The van der Waals surface area contributed by atoms with Crippen LogP contribution in [0.4, 0.5) is 5.82 Å². The van der Waals surface area contributed by atoms with Crippen LogP contribution in [0.15, 0.2) is 23.2 Å². The Hall–Kier alpha value is -0.790. The number of hydrogen-bond donors (Lipinski definition) is 2. The minimum Gasteiger partial charge on any atom is -0.370 e. The summed E-state index contributed by atoms with van der Waals surface area (Å²) in [5.41, 5.74) is 0. The highest BCUT2D eigenvalue weighted by molar-refractivity contribution is 7.99. The van der Waals surface area contributed by atoms with Crippen molar-refractivity contribution in [1.82, 2.24) is 9.71 Å². The number of nitrogens with one attached hydrogen (secondary N) is 2. The molecule has 0 bridgehead atoms. The maximum Gasteiger partial charge on any atom is 0.242 e. The summed E-state index contributed by atoms with van der Waals surface area (Å²) in [5, 5.41) is 3.12. The van der Waals surface area contributed by atoms with Gasteiger partial charge in [-0.2, -0.15) is 11.8 Å². The van der Waals surface area contributed by atoms with Crippen molar-refractivity contribution in [2.45, 2.75) is 37.1 Å². The fourth-order valence-electron chi connectivity index (χ4n) is 2.02. The van der Waals surface area contributed by atoms with Crippen LogP contribution in [-0.4, -0.2) is 37.5 Å². The second kappa shape index (κ2) is 7.28. The van der Waals surface area contributed by atoms with Gasteiger partial charge in [0.25, 0.3) is 0 Å². The van der Waals surface area contributed by atoms with E-state index in [1.807, 2.05) is 0 Å². The number of aromatic nitrogens is 1. The summed E-state index contributed by atoms with van der Waals surface area (Å²) >= 11 is 1.80. The van der Waals surface area contributed by atoms with Gasteiger partial charge < -0.3 is 5.32 Å². The number of rotatable bonds is 6. The molecule has 2 N–H and O–H groups in total. The van der Waals surface area contributed by atoms with Crippen molar-refractivity contribution in [3.8, 4) is 0 Å². The first-order chi connectivity index (χ1) is 9.62. The number of sulfonamides is 1. The molecule has 112 valence electrons. The van der Waals surface area contributed by atoms with Crippen molar-refractivity contribution in [2.24, 2.45) is 0 Å². The lowest BCUT2D eigenvalue weighted by Gasteiger charge is -2.22. The average Bonchev–Trinajstić information content (AvgIpc) is 2.46. The Kier molecular flexibility index (Phi) is 5.68. The number of anilines is 1. The van der Waals surface area contributed by atoms with Crippen molar-refractivity contribution >= 4 is 27.6 Å². The predicted molar refractivity (Wildman–Crippen MR) is 83.7 cm³/mol. The molecule has 1 aromatic rings. The molecule has 1 aliphatic heterocycles. The maximum absolute atomic E-state index is 12.2. The Bertz CT molecular complexity index is 511. The van der Waals surface area contributed by atoms with Crippen LogP contribution in [0.3, 0.4) is 0 Å². The number of pyridine rings is 1. The topological polar surface area (TPSA) is 71.1 Å². The van der Waals surface area contributed by atoms with Gasteiger partial charge in [-0.3, -0.25) is 0 Å². The van der Waals surface area contributed by atoms with E-state index in [1.165, 1.54) is 6.20 Å². The first-order valence-electron chi connectivity index (χ1n) is 6.92. The zero-order valence-electron chi connectivity index (χ0n) is 11.6. The van der Waals surface area contributed by atoms with Crippen LogP contribution < -0.4 is 10.0 Å². The Morgan fingerprint density at radius 2 is 2.30 bits per heavy atom. The summed E-state index contributed by atoms with van der Waals surface area (Å²) in [6.07, 6.45) is 4.39. The van der Waals surface area contributed by atoms with E-state index in [0.717, 1.165) is 37.3 Å². The van der Waals surface area contributed by atoms with Crippen LogP contribution in [0.25, 0.3) is 0 Å². The average molecular weight is 315 g/mol. The van der Waals surface area contributed by atoms with Gasteiger partial charge in [0.05, 0.1) is 0 Å². The Balaban J connectivity index is 2.01. The number of hydrogen-bond acceptors (Lipinski definition) is 5. The molecule has 1 aromatic heterocycles. The summed E-state index contributed by atoms with van der Waals surface area (Å²) in [5.74, 6) is 2.68. The summed E-state index contributed by atoms with van der Waals surface area (Å²) in [6.45, 7) is 2.90. The normalized spacial score (nSPS) is 19.8. The third kappa shape index (κ3) is 4.36. The van der Waals surface area contributed by atoms with E-state index in [-0.39, 0.29) is 10.9 Å². The molecule has 2 rings (SSSR count). The zero-order valence-corrected chi connectivity index (χ0v) is 13.3. The second-order valence-corrected chi connectivity index (χ2v) is 7.71. The van der Waals surface area contributed by atoms with Crippen molar-refractivity contribution in [1.29, 1.82) is 0 Å². The van der Waals surface area contributed by atoms with Gasteiger partial charge in [-0.05, 0) is 37.1 Å². The molecule has 1 aliphatic rings. The fraction of sp³-hybridized carbons (Fsp3) is 0.615. The second-order valence-electron chi connectivity index (χ2n) is 4.84. The summed E-state index contributed by atoms with van der Waals surface area (Å²) in [6, 6.07) is 3.35.